The van der Waals surface area contributed by atoms with Gasteiger partial charge in [0.2, 0.25) is 0 Å². The zero-order chi connectivity index (χ0) is 34.0. The van der Waals surface area contributed by atoms with Crippen LogP contribution >= 0.6 is 0 Å². The first-order valence-electron chi connectivity index (χ1n) is 17.8. The minimum Gasteiger partial charge on any atom is -0.463 e. The number of hydrogen-bond donors (Lipinski definition) is 0. The molecular formula is C34H68O13. The molecule has 0 bridgehead atoms. The highest BCUT2D eigenvalue weighted by molar-refractivity contribution is 5.69. The Kier molecular flexibility index (Phi) is 42.2. The normalized spacial score (nSPS) is 11.4. The van der Waals surface area contributed by atoms with E-state index < -0.39 is 0 Å². The molecule has 282 valence electrons. The lowest BCUT2D eigenvalue weighted by atomic mass is 10.2. The van der Waals surface area contributed by atoms with Gasteiger partial charge < -0.3 is 56.8 Å². The highest BCUT2D eigenvalue weighted by Crippen LogP contribution is 2.00. The molecule has 0 spiro atoms. The Hall–Kier alpha value is -0.970. The van der Waals surface area contributed by atoms with E-state index in [9.17, 15) is 4.79 Å². The molecule has 13 heteroatoms. The largest absolute Gasteiger partial charge is 0.463 e. The molecule has 0 fully saturated rings. The summed E-state index contributed by atoms with van der Waals surface area (Å²) in [4.78, 5) is 11.5. The van der Waals surface area contributed by atoms with Crippen LogP contribution < -0.4 is 0 Å². The van der Waals surface area contributed by atoms with Crippen LogP contribution in [0.25, 0.3) is 0 Å². The van der Waals surface area contributed by atoms with Crippen molar-refractivity contribution in [1.82, 2.24) is 0 Å². The molecule has 47 heavy (non-hydrogen) atoms. The zero-order valence-electron chi connectivity index (χ0n) is 29.7. The van der Waals surface area contributed by atoms with E-state index in [1.54, 1.807) is 0 Å². The van der Waals surface area contributed by atoms with Gasteiger partial charge in [-0.15, -0.1) is 0 Å². The molecule has 0 rings (SSSR count). The Bertz CT molecular complexity index is 586. The second-order valence-electron chi connectivity index (χ2n) is 10.5. The number of unbranched alkanes of at least 4 members (excludes halogenated alkanes) is 5. The van der Waals surface area contributed by atoms with Crippen LogP contribution in [0.2, 0.25) is 0 Å². The Labute approximate surface area is 284 Å². The summed E-state index contributed by atoms with van der Waals surface area (Å²) in [5.74, 6) is -0.158. The molecule has 0 aromatic heterocycles. The number of rotatable bonds is 42. The van der Waals surface area contributed by atoms with E-state index in [-0.39, 0.29) is 12.6 Å². The molecule has 0 unspecified atom stereocenters. The maximum absolute atomic E-state index is 11.5. The van der Waals surface area contributed by atoms with Crippen LogP contribution in [0.4, 0.5) is 0 Å². The molecule has 0 heterocycles. The third-order valence-corrected chi connectivity index (χ3v) is 6.34. The van der Waals surface area contributed by atoms with Crippen LogP contribution in [0.5, 0.6) is 0 Å². The number of hydrogen-bond acceptors (Lipinski definition) is 13. The van der Waals surface area contributed by atoms with Gasteiger partial charge in [-0.25, -0.2) is 0 Å². The topological polar surface area (TPSA) is 128 Å². The Balaban J connectivity index is 3.07. The SMILES string of the molecule is CCCCCCOCCOCCOCCOCCOCCOCCOCCOCCOCCOCCOCCOC(=O)CCCCC. The van der Waals surface area contributed by atoms with Crippen LogP contribution in [0.1, 0.15) is 65.2 Å². The lowest BCUT2D eigenvalue weighted by Gasteiger charge is -2.09. The predicted molar refractivity (Wildman–Crippen MR) is 178 cm³/mol. The van der Waals surface area contributed by atoms with Gasteiger partial charge in [0.05, 0.1) is 139 Å². The van der Waals surface area contributed by atoms with Crippen molar-refractivity contribution in [2.75, 3.05) is 152 Å². The van der Waals surface area contributed by atoms with Gasteiger partial charge in [0.25, 0.3) is 0 Å². The summed E-state index contributed by atoms with van der Waals surface area (Å²) < 4.78 is 65.3. The standard InChI is InChI=1S/C34H68O13/c1-3-5-7-9-11-36-12-13-37-14-15-38-16-17-39-18-19-40-20-21-41-22-23-42-24-25-43-26-27-44-28-29-45-30-31-46-32-33-47-34(35)10-8-6-4-2/h3-33H2,1-2H3. The molecule has 0 aliphatic carbocycles. The first-order valence-corrected chi connectivity index (χ1v) is 17.8. The summed E-state index contributed by atoms with van der Waals surface area (Å²) in [6.07, 6.45) is 8.39. The molecule has 0 saturated heterocycles. The molecule has 0 aromatic rings. The quantitative estimate of drug-likeness (QED) is 0.0683. The number of esters is 1. The van der Waals surface area contributed by atoms with Crippen molar-refractivity contribution in [2.24, 2.45) is 0 Å². The summed E-state index contributed by atoms with van der Waals surface area (Å²) in [6, 6.07) is 0. The first kappa shape index (κ1) is 46.0. The zero-order valence-corrected chi connectivity index (χ0v) is 29.7. The monoisotopic (exact) mass is 684 g/mol. The van der Waals surface area contributed by atoms with E-state index in [1.165, 1.54) is 19.3 Å². The van der Waals surface area contributed by atoms with Gasteiger partial charge in [-0.2, -0.15) is 0 Å². The van der Waals surface area contributed by atoms with Gasteiger partial charge in [-0.05, 0) is 12.8 Å². The Morgan fingerprint density at radius 2 is 0.553 bits per heavy atom. The van der Waals surface area contributed by atoms with E-state index >= 15 is 0 Å². The molecule has 13 nitrogen and oxygen atoms in total. The predicted octanol–water partition coefficient (Wildman–Crippen LogP) is 3.87. The summed E-state index contributed by atoms with van der Waals surface area (Å²) in [5, 5.41) is 0. The number of carbonyl (C=O) groups excluding carboxylic acids is 1. The first-order chi connectivity index (χ1) is 23.3. The summed E-state index contributed by atoms with van der Waals surface area (Å²) >= 11 is 0. The summed E-state index contributed by atoms with van der Waals surface area (Å²) in [6.45, 7) is 16.2. The summed E-state index contributed by atoms with van der Waals surface area (Å²) in [5.41, 5.74) is 0. The van der Waals surface area contributed by atoms with E-state index in [0.29, 0.717) is 145 Å². The molecule has 0 amide bonds. The van der Waals surface area contributed by atoms with Crippen LogP contribution in [0, 0.1) is 0 Å². The molecule has 0 radical (unpaired) electrons. The van der Waals surface area contributed by atoms with Gasteiger partial charge in [0.15, 0.2) is 0 Å². The molecule has 0 aliphatic rings. The lowest BCUT2D eigenvalue weighted by Crippen LogP contribution is -2.15. The van der Waals surface area contributed by atoms with Gasteiger partial charge >= 0.3 is 5.97 Å². The van der Waals surface area contributed by atoms with E-state index in [2.05, 4.69) is 13.8 Å². The van der Waals surface area contributed by atoms with E-state index in [1.807, 2.05) is 0 Å². The van der Waals surface area contributed by atoms with Gasteiger partial charge in [0, 0.05) is 13.0 Å². The molecular weight excluding hydrogens is 616 g/mol. The molecule has 0 atom stereocenters. The Morgan fingerprint density at radius 3 is 0.851 bits per heavy atom. The average Bonchev–Trinajstić information content (AvgIpc) is 3.08. The third kappa shape index (κ3) is 43.0. The lowest BCUT2D eigenvalue weighted by molar-refractivity contribution is -0.145. The van der Waals surface area contributed by atoms with Crippen molar-refractivity contribution >= 4 is 5.97 Å². The fourth-order valence-corrected chi connectivity index (χ4v) is 3.74. The molecule has 0 aliphatic heterocycles. The van der Waals surface area contributed by atoms with Crippen molar-refractivity contribution in [2.45, 2.75) is 65.2 Å². The maximum atomic E-state index is 11.5. The van der Waals surface area contributed by atoms with Crippen molar-refractivity contribution in [3.8, 4) is 0 Å². The fraction of sp³-hybridized carbons (Fsp3) is 0.971. The minimum atomic E-state index is -0.158. The van der Waals surface area contributed by atoms with Crippen molar-refractivity contribution < 1.29 is 61.6 Å². The molecule has 0 aromatic carbocycles. The highest BCUT2D eigenvalue weighted by atomic mass is 16.6. The van der Waals surface area contributed by atoms with Crippen molar-refractivity contribution in [1.29, 1.82) is 0 Å². The van der Waals surface area contributed by atoms with Crippen molar-refractivity contribution in [3.63, 3.8) is 0 Å². The molecule has 0 N–H and O–H groups in total. The second kappa shape index (κ2) is 43.1. The second-order valence-corrected chi connectivity index (χ2v) is 10.5. The van der Waals surface area contributed by atoms with Crippen LogP contribution in [-0.2, 0) is 61.6 Å². The van der Waals surface area contributed by atoms with Gasteiger partial charge in [-0.3, -0.25) is 4.79 Å². The number of carbonyl (C=O) groups is 1. The highest BCUT2D eigenvalue weighted by Gasteiger charge is 2.02. The van der Waals surface area contributed by atoms with E-state index in [0.717, 1.165) is 32.3 Å². The summed E-state index contributed by atoms with van der Waals surface area (Å²) in [7, 11) is 0. The minimum absolute atomic E-state index is 0.158. The number of ether oxygens (including phenoxy) is 12. The maximum Gasteiger partial charge on any atom is 0.305 e. The van der Waals surface area contributed by atoms with Crippen molar-refractivity contribution in [3.05, 3.63) is 0 Å². The average molecular weight is 685 g/mol. The molecule has 0 saturated carbocycles. The van der Waals surface area contributed by atoms with Gasteiger partial charge in [-0.1, -0.05) is 46.0 Å². The van der Waals surface area contributed by atoms with Crippen LogP contribution in [0.3, 0.4) is 0 Å². The smallest absolute Gasteiger partial charge is 0.305 e. The fourth-order valence-electron chi connectivity index (χ4n) is 3.74. The third-order valence-electron chi connectivity index (χ3n) is 6.34. The van der Waals surface area contributed by atoms with Crippen LogP contribution in [0.15, 0.2) is 0 Å². The van der Waals surface area contributed by atoms with E-state index in [4.69, 9.17) is 56.8 Å². The van der Waals surface area contributed by atoms with Gasteiger partial charge in [0.1, 0.15) is 6.61 Å². The van der Waals surface area contributed by atoms with Crippen LogP contribution in [-0.4, -0.2) is 158 Å². The Morgan fingerprint density at radius 1 is 0.298 bits per heavy atom.